The van der Waals surface area contributed by atoms with Crippen LogP contribution >= 0.6 is 0 Å². The Morgan fingerprint density at radius 2 is 1.03 bits per heavy atom. The fourth-order valence-corrected chi connectivity index (χ4v) is 6.10. The second-order valence-electron chi connectivity index (χ2n) is 12.2. The summed E-state index contributed by atoms with van der Waals surface area (Å²) >= 11 is 0. The molecular weight excluding hydrogens is 500 g/mol. The van der Waals surface area contributed by atoms with Gasteiger partial charge in [0.25, 0.3) is 0 Å². The van der Waals surface area contributed by atoms with E-state index in [0.29, 0.717) is 0 Å². The topological polar surface area (TPSA) is 0 Å². The minimum absolute atomic E-state index is 0. The molecule has 0 aliphatic heterocycles. The van der Waals surface area contributed by atoms with Gasteiger partial charge in [-0.25, -0.2) is 0 Å². The summed E-state index contributed by atoms with van der Waals surface area (Å²) in [5.41, 5.74) is 3.28. The monoisotopic (exact) mass is 542 g/mol. The summed E-state index contributed by atoms with van der Waals surface area (Å²) < 4.78 is 0. The molecule has 0 N–H and O–H groups in total. The molecule has 0 unspecified atom stereocenters. The maximum absolute atomic E-state index is 2.53. The minimum atomic E-state index is 0. The molecule has 0 aromatic carbocycles. The molecule has 35 heavy (non-hydrogen) atoms. The second kappa shape index (κ2) is 11.3. The molecule has 5 aliphatic rings. The van der Waals surface area contributed by atoms with Crippen molar-refractivity contribution in [3.05, 3.63) is 124 Å². The average Bonchev–Trinajstić information content (AvgIpc) is 3.39. The third-order valence-electron chi connectivity index (χ3n) is 8.00. The van der Waals surface area contributed by atoms with E-state index in [-0.39, 0.29) is 57.3 Å². The number of rotatable bonds is 2. The molecule has 3 saturated carbocycles. The second-order valence-corrected chi connectivity index (χ2v) is 12.2. The van der Waals surface area contributed by atoms with Crippen molar-refractivity contribution in [3.63, 3.8) is 0 Å². The molecule has 0 spiro atoms. The van der Waals surface area contributed by atoms with Gasteiger partial charge in [0.2, 0.25) is 0 Å². The Bertz CT molecular complexity index is 775. The molecule has 3 fully saturated rings. The molecule has 0 atom stereocenters. The van der Waals surface area contributed by atoms with Crippen molar-refractivity contribution in [1.29, 1.82) is 0 Å². The van der Waals surface area contributed by atoms with Crippen LogP contribution in [0.5, 0.6) is 0 Å². The zero-order chi connectivity index (χ0) is 22.7. The van der Waals surface area contributed by atoms with E-state index in [4.69, 9.17) is 0 Å². The molecule has 5 rings (SSSR count). The van der Waals surface area contributed by atoms with Crippen LogP contribution in [0.1, 0.15) is 73.6 Å². The molecule has 0 nitrogen and oxygen atoms in total. The van der Waals surface area contributed by atoms with E-state index < -0.39 is 0 Å². The van der Waals surface area contributed by atoms with Gasteiger partial charge < -0.3 is 14.9 Å². The summed E-state index contributed by atoms with van der Waals surface area (Å²) in [5, 5.41) is 0. The van der Waals surface area contributed by atoms with Crippen LogP contribution in [0.4, 0.5) is 0 Å². The fraction of sp³-hybridized carbons (Fsp3) is 0.412. The van der Waals surface area contributed by atoms with Crippen molar-refractivity contribution < 1.29 is 26.2 Å². The summed E-state index contributed by atoms with van der Waals surface area (Å²) in [5.74, 6) is 8.96. The van der Waals surface area contributed by atoms with Gasteiger partial charge in [-0.05, 0) is 71.8 Å². The predicted octanol–water partition coefficient (Wildman–Crippen LogP) is 9.21. The molecule has 1 heteroatoms. The Hall–Kier alpha value is -0.157. The van der Waals surface area contributed by atoms with Gasteiger partial charge in [0.15, 0.2) is 0 Å². The van der Waals surface area contributed by atoms with Crippen LogP contribution in [0.2, 0.25) is 0 Å². The van der Waals surface area contributed by atoms with E-state index in [2.05, 4.69) is 104 Å². The molecule has 0 aromatic rings. The quantitative estimate of drug-likeness (QED) is 0.305. The Balaban J connectivity index is 0.00000144. The SMILES string of the molecule is CC(C)(C)C1=C[C]2[C](C=C1)[C]1C=CC(C(C)(C)C)=C[C]1[C]2C1([C]2[CH][CH][CH][CH]2)CCCCC1.[CH3-].[CH3-].[Zr+4]. The first-order valence-electron chi connectivity index (χ1n) is 12.5. The first-order valence-corrected chi connectivity index (χ1v) is 12.5. The largest absolute Gasteiger partial charge is 4.00 e. The van der Waals surface area contributed by atoms with Gasteiger partial charge in [-0.1, -0.05) is 97.3 Å². The van der Waals surface area contributed by atoms with Gasteiger partial charge in [-0.2, -0.15) is 0 Å². The molecule has 0 amide bonds. The average molecular weight is 544 g/mol. The van der Waals surface area contributed by atoms with E-state index in [9.17, 15) is 0 Å². The zero-order valence-electron chi connectivity index (χ0n) is 23.3. The summed E-state index contributed by atoms with van der Waals surface area (Å²) in [4.78, 5) is 0. The van der Waals surface area contributed by atoms with Gasteiger partial charge in [0.05, 0.1) is 0 Å². The van der Waals surface area contributed by atoms with Crippen molar-refractivity contribution >= 4 is 0 Å². The van der Waals surface area contributed by atoms with Crippen LogP contribution in [0.25, 0.3) is 0 Å². The van der Waals surface area contributed by atoms with Gasteiger partial charge in [-0.3, -0.25) is 0 Å². The molecule has 0 heterocycles. The molecule has 10 radical (unpaired) electrons. The van der Waals surface area contributed by atoms with Gasteiger partial charge in [-0.15, -0.1) is 0 Å². The van der Waals surface area contributed by atoms with Crippen LogP contribution in [0.15, 0.2) is 47.6 Å². The zero-order valence-corrected chi connectivity index (χ0v) is 25.8. The maximum Gasteiger partial charge on any atom is 4.00 e. The Kier molecular flexibility index (Phi) is 10.0. The summed E-state index contributed by atoms with van der Waals surface area (Å²) in [6.45, 7) is 14.0. The Morgan fingerprint density at radius 1 is 0.600 bits per heavy atom. The molecule has 5 aliphatic carbocycles. The normalized spacial score (nSPS) is 26.2. The van der Waals surface area contributed by atoms with Crippen LogP contribution in [0.3, 0.4) is 0 Å². The molecular formula is C34H44Zr+2. The third kappa shape index (κ3) is 5.52. The summed E-state index contributed by atoms with van der Waals surface area (Å²) in [6, 6.07) is 0. The fourth-order valence-electron chi connectivity index (χ4n) is 6.10. The Labute approximate surface area is 238 Å². The third-order valence-corrected chi connectivity index (χ3v) is 8.00. The van der Waals surface area contributed by atoms with E-state index in [1.54, 1.807) is 5.92 Å². The number of hydrogen-bond acceptors (Lipinski definition) is 0. The van der Waals surface area contributed by atoms with Crippen molar-refractivity contribution in [2.24, 2.45) is 16.2 Å². The van der Waals surface area contributed by atoms with Gasteiger partial charge in [0, 0.05) is 29.6 Å². The molecule has 0 saturated heterocycles. The first-order chi connectivity index (χ1) is 15.1. The van der Waals surface area contributed by atoms with E-state index in [1.807, 2.05) is 0 Å². The van der Waals surface area contributed by atoms with Crippen LogP contribution in [-0.2, 0) is 26.2 Å². The van der Waals surface area contributed by atoms with E-state index >= 15 is 0 Å². The van der Waals surface area contributed by atoms with Crippen LogP contribution in [-0.4, -0.2) is 0 Å². The smallest absolute Gasteiger partial charge is 0.358 e. The van der Waals surface area contributed by atoms with Crippen molar-refractivity contribution in [2.75, 3.05) is 0 Å². The van der Waals surface area contributed by atoms with Crippen molar-refractivity contribution in [1.82, 2.24) is 0 Å². The van der Waals surface area contributed by atoms with Crippen LogP contribution < -0.4 is 0 Å². The standard InChI is InChI=1S/C32H38.2CH3.Zr/c1-30(2,3)23-14-16-25-26-17-15-24(31(4,5)6)21-28(26)29(27(25)20-23)32(18-10-7-11-19-32)22-12-8-9-13-22;;;/h8-9,12-17,20-21H,7,10-11,18-19H2,1-6H3;2*1H3;/q;2*-1;+4. The molecule has 182 valence electrons. The van der Waals surface area contributed by atoms with E-state index in [1.165, 1.54) is 72.8 Å². The Morgan fingerprint density at radius 3 is 1.43 bits per heavy atom. The van der Waals surface area contributed by atoms with Crippen molar-refractivity contribution in [3.8, 4) is 0 Å². The van der Waals surface area contributed by atoms with Gasteiger partial charge >= 0.3 is 26.2 Å². The van der Waals surface area contributed by atoms with Crippen molar-refractivity contribution in [2.45, 2.75) is 73.6 Å². The predicted molar refractivity (Wildman–Crippen MR) is 148 cm³/mol. The maximum atomic E-state index is 2.53. The number of hydrogen-bond donors (Lipinski definition) is 0. The molecule has 0 bridgehead atoms. The van der Waals surface area contributed by atoms with E-state index in [0.717, 1.165) is 0 Å². The van der Waals surface area contributed by atoms with Crippen LogP contribution in [0, 0.1) is 92.3 Å². The summed E-state index contributed by atoms with van der Waals surface area (Å²) in [6.07, 6.45) is 30.3. The molecule has 0 aromatic heterocycles. The van der Waals surface area contributed by atoms with Gasteiger partial charge in [0.1, 0.15) is 0 Å². The summed E-state index contributed by atoms with van der Waals surface area (Å²) in [7, 11) is 0. The minimum Gasteiger partial charge on any atom is -0.358 e. The number of allylic oxidation sites excluding steroid dienone is 8. The first kappa shape index (κ1) is 31.1. The number of fused-ring (bicyclic) bond motifs is 3.